The minimum Gasteiger partial charge on any atom is -0.497 e. The van der Waals surface area contributed by atoms with Gasteiger partial charge < -0.3 is 33.7 Å². The van der Waals surface area contributed by atoms with Crippen LogP contribution in [-0.2, 0) is 9.53 Å². The van der Waals surface area contributed by atoms with Crippen molar-refractivity contribution in [1.82, 2.24) is 14.9 Å². The molecule has 0 radical (unpaired) electrons. The van der Waals surface area contributed by atoms with Gasteiger partial charge in [0.25, 0.3) is 0 Å². The van der Waals surface area contributed by atoms with Crippen molar-refractivity contribution in [3.8, 4) is 17.2 Å². The molecule has 1 N–H and O–H groups in total. The van der Waals surface area contributed by atoms with Crippen LogP contribution < -0.4 is 19.1 Å². The van der Waals surface area contributed by atoms with E-state index in [0.29, 0.717) is 30.3 Å². The number of hydrogen-bond donors (Lipinski definition) is 1. The fourth-order valence-corrected chi connectivity index (χ4v) is 4.24. The Morgan fingerprint density at radius 1 is 1.09 bits per heavy atom. The molecule has 2 aromatic carbocycles. The maximum Gasteiger partial charge on any atom is 0.365 e. The van der Waals surface area contributed by atoms with Crippen molar-refractivity contribution in [1.29, 1.82) is 0 Å². The maximum atomic E-state index is 12.5. The SMILES string of the molecule is COc1ccc2nc(N3CCN(/C=C4\N=C(c5cccc6c5OCCO6)OC4=O)CC3)[nH]c2c1. The summed E-state index contributed by atoms with van der Waals surface area (Å²) in [5.74, 6) is 2.55. The molecule has 0 amide bonds. The first-order chi connectivity index (χ1) is 16.7. The lowest BCUT2D eigenvalue weighted by Crippen LogP contribution is -2.44. The van der Waals surface area contributed by atoms with E-state index in [9.17, 15) is 4.79 Å². The molecular weight excluding hydrogens is 438 g/mol. The normalized spacial score (nSPS) is 18.9. The second kappa shape index (κ2) is 8.29. The van der Waals surface area contributed by atoms with Crippen LogP contribution in [0.15, 0.2) is 53.3 Å². The minimum absolute atomic E-state index is 0.231. The number of aromatic amines is 1. The molecule has 0 aliphatic carbocycles. The second-order valence-corrected chi connectivity index (χ2v) is 8.12. The largest absolute Gasteiger partial charge is 0.497 e. The number of imidazole rings is 1. The van der Waals surface area contributed by atoms with Gasteiger partial charge in [0.2, 0.25) is 11.8 Å². The quantitative estimate of drug-likeness (QED) is 0.467. The summed E-state index contributed by atoms with van der Waals surface area (Å²) in [5.41, 5.74) is 2.72. The second-order valence-electron chi connectivity index (χ2n) is 8.12. The molecule has 1 saturated heterocycles. The van der Waals surface area contributed by atoms with Crippen LogP contribution in [-0.4, -0.2) is 73.2 Å². The van der Waals surface area contributed by atoms with Gasteiger partial charge in [-0.05, 0) is 24.3 Å². The number of carbonyl (C=O) groups excluding carboxylic acids is 1. The number of esters is 1. The average Bonchev–Trinajstić information content (AvgIpc) is 3.47. The molecule has 34 heavy (non-hydrogen) atoms. The lowest BCUT2D eigenvalue weighted by Gasteiger charge is -2.33. The number of hydrogen-bond acceptors (Lipinski definition) is 9. The van der Waals surface area contributed by atoms with Gasteiger partial charge in [0, 0.05) is 38.4 Å². The number of methoxy groups -OCH3 is 1. The number of carbonyl (C=O) groups is 1. The summed E-state index contributed by atoms with van der Waals surface area (Å²) < 4.78 is 22.1. The van der Waals surface area contributed by atoms with Gasteiger partial charge in [-0.1, -0.05) is 6.07 Å². The van der Waals surface area contributed by atoms with Gasteiger partial charge in [-0.25, -0.2) is 14.8 Å². The molecule has 0 saturated carbocycles. The third kappa shape index (κ3) is 3.66. The van der Waals surface area contributed by atoms with Crippen molar-refractivity contribution in [3.63, 3.8) is 0 Å². The van der Waals surface area contributed by atoms with Crippen LogP contribution in [0.25, 0.3) is 11.0 Å². The summed E-state index contributed by atoms with van der Waals surface area (Å²) in [7, 11) is 1.65. The Hall–Kier alpha value is -4.21. The Balaban J connectivity index is 1.16. The van der Waals surface area contributed by atoms with Crippen LogP contribution in [0, 0.1) is 0 Å². The van der Waals surface area contributed by atoms with E-state index in [1.54, 1.807) is 13.3 Å². The van der Waals surface area contributed by atoms with Gasteiger partial charge in [-0.2, -0.15) is 0 Å². The Bertz CT molecular complexity index is 1320. The molecule has 3 aromatic rings. The summed E-state index contributed by atoms with van der Waals surface area (Å²) in [5, 5.41) is 0. The van der Waals surface area contributed by atoms with Gasteiger partial charge in [-0.15, -0.1) is 0 Å². The molecular formula is C24H23N5O5. The summed E-state index contributed by atoms with van der Waals surface area (Å²) >= 11 is 0. The number of benzene rings is 2. The van der Waals surface area contributed by atoms with Crippen LogP contribution in [0.4, 0.5) is 5.95 Å². The number of piperazine rings is 1. The number of nitrogens with zero attached hydrogens (tertiary/aromatic N) is 4. The smallest absolute Gasteiger partial charge is 0.365 e. The fourth-order valence-electron chi connectivity index (χ4n) is 4.24. The molecule has 1 fully saturated rings. The lowest BCUT2D eigenvalue weighted by atomic mass is 10.1. The Morgan fingerprint density at radius 3 is 2.79 bits per heavy atom. The van der Waals surface area contributed by atoms with Crippen LogP contribution in [0.2, 0.25) is 0 Å². The highest BCUT2D eigenvalue weighted by molar-refractivity contribution is 6.12. The highest BCUT2D eigenvalue weighted by Crippen LogP contribution is 2.35. The van der Waals surface area contributed by atoms with Crippen LogP contribution in [0.5, 0.6) is 17.2 Å². The van der Waals surface area contributed by atoms with Gasteiger partial charge in [0.05, 0.1) is 23.7 Å². The number of H-pyrrole nitrogens is 1. The highest BCUT2D eigenvalue weighted by atomic mass is 16.6. The number of nitrogens with one attached hydrogen (secondary N) is 1. The first-order valence-electron chi connectivity index (χ1n) is 11.1. The van der Waals surface area contributed by atoms with E-state index in [0.717, 1.165) is 48.9 Å². The molecule has 3 aliphatic heterocycles. The number of rotatable bonds is 4. The standard InChI is InChI=1S/C24H23N5O5/c1-31-15-5-6-17-18(13-15)27-24(26-17)29-9-7-28(8-10-29)14-19-23(30)34-22(25-19)16-3-2-4-20-21(16)33-12-11-32-20/h2-6,13-14H,7-12H2,1H3,(H,26,27)/b19-14-. The van der Waals surface area contributed by atoms with Crippen LogP contribution >= 0.6 is 0 Å². The molecule has 174 valence electrons. The van der Waals surface area contributed by atoms with Crippen molar-refractivity contribution in [2.75, 3.05) is 51.4 Å². The number of ether oxygens (including phenoxy) is 4. The number of para-hydroxylation sites is 1. The number of cyclic esters (lactones) is 1. The third-order valence-electron chi connectivity index (χ3n) is 6.01. The topological polar surface area (TPSA) is 102 Å². The van der Waals surface area contributed by atoms with E-state index in [-0.39, 0.29) is 11.6 Å². The Labute approximate surface area is 195 Å². The number of aliphatic imine (C=N–C) groups is 1. The van der Waals surface area contributed by atoms with Crippen LogP contribution in [0.1, 0.15) is 5.56 Å². The number of aromatic nitrogens is 2. The summed E-state index contributed by atoms with van der Waals surface area (Å²) in [6, 6.07) is 11.2. The van der Waals surface area contributed by atoms with E-state index in [4.69, 9.17) is 23.9 Å². The molecule has 6 rings (SSSR count). The van der Waals surface area contributed by atoms with E-state index in [1.807, 2.05) is 36.4 Å². The van der Waals surface area contributed by atoms with Crippen molar-refractivity contribution < 1.29 is 23.7 Å². The molecule has 4 heterocycles. The number of fused-ring (bicyclic) bond motifs is 2. The predicted octanol–water partition coefficient (Wildman–Crippen LogP) is 2.31. The third-order valence-corrected chi connectivity index (χ3v) is 6.01. The molecule has 10 heteroatoms. The van der Waals surface area contributed by atoms with Gasteiger partial charge in [0.15, 0.2) is 17.2 Å². The lowest BCUT2D eigenvalue weighted by molar-refractivity contribution is -0.130. The summed E-state index contributed by atoms with van der Waals surface area (Å²) in [6.07, 6.45) is 1.77. The zero-order chi connectivity index (χ0) is 23.1. The molecule has 0 spiro atoms. The maximum absolute atomic E-state index is 12.5. The van der Waals surface area contributed by atoms with Crippen molar-refractivity contribution in [3.05, 3.63) is 53.9 Å². The molecule has 0 atom stereocenters. The zero-order valence-electron chi connectivity index (χ0n) is 18.6. The average molecular weight is 461 g/mol. The molecule has 0 unspecified atom stereocenters. The number of anilines is 1. The monoisotopic (exact) mass is 461 g/mol. The van der Waals surface area contributed by atoms with Gasteiger partial charge in [-0.3, -0.25) is 0 Å². The predicted molar refractivity (Wildman–Crippen MR) is 125 cm³/mol. The molecule has 1 aromatic heterocycles. The van der Waals surface area contributed by atoms with Gasteiger partial charge in [0.1, 0.15) is 19.0 Å². The summed E-state index contributed by atoms with van der Waals surface area (Å²) in [4.78, 5) is 29.3. The highest BCUT2D eigenvalue weighted by Gasteiger charge is 2.30. The first kappa shape index (κ1) is 20.4. The van der Waals surface area contributed by atoms with E-state index < -0.39 is 5.97 Å². The zero-order valence-corrected chi connectivity index (χ0v) is 18.6. The molecule has 0 bridgehead atoms. The van der Waals surface area contributed by atoms with Gasteiger partial charge >= 0.3 is 5.97 Å². The van der Waals surface area contributed by atoms with Crippen molar-refractivity contribution in [2.24, 2.45) is 4.99 Å². The van der Waals surface area contributed by atoms with E-state index in [2.05, 4.69) is 19.8 Å². The van der Waals surface area contributed by atoms with E-state index in [1.165, 1.54) is 0 Å². The van der Waals surface area contributed by atoms with Crippen molar-refractivity contribution in [2.45, 2.75) is 0 Å². The van der Waals surface area contributed by atoms with Crippen molar-refractivity contribution >= 4 is 28.8 Å². The minimum atomic E-state index is -0.474. The van der Waals surface area contributed by atoms with Crippen LogP contribution in [0.3, 0.4) is 0 Å². The Morgan fingerprint density at radius 2 is 1.94 bits per heavy atom. The fraction of sp³-hybridized carbons (Fsp3) is 0.292. The Kier molecular flexibility index (Phi) is 4.97. The molecule has 10 nitrogen and oxygen atoms in total. The molecule has 3 aliphatic rings. The van der Waals surface area contributed by atoms with E-state index >= 15 is 0 Å². The first-order valence-corrected chi connectivity index (χ1v) is 11.1. The summed E-state index contributed by atoms with van der Waals surface area (Å²) in [6.45, 7) is 3.88.